The van der Waals surface area contributed by atoms with Crippen molar-refractivity contribution in [1.82, 2.24) is 4.90 Å². The van der Waals surface area contributed by atoms with E-state index in [2.05, 4.69) is 6.92 Å². The first kappa shape index (κ1) is 9.52. The van der Waals surface area contributed by atoms with Gasteiger partial charge in [-0.05, 0) is 26.2 Å². The van der Waals surface area contributed by atoms with Crippen molar-refractivity contribution in [3.8, 4) is 0 Å². The lowest BCUT2D eigenvalue weighted by molar-refractivity contribution is -0.154. The van der Waals surface area contributed by atoms with E-state index in [1.54, 1.807) is 4.90 Å². The maximum absolute atomic E-state index is 11.4. The number of likely N-dealkylation sites (tertiary alicyclic amines) is 1. The van der Waals surface area contributed by atoms with E-state index in [4.69, 9.17) is 0 Å². The monoisotopic (exact) mass is 171 g/mol. The number of aliphatic hydroxyl groups is 1. The smallest absolute Gasteiger partial charge is 0.253 e. The number of rotatable bonds is 2. The Morgan fingerprint density at radius 2 is 2.08 bits per heavy atom. The molecule has 3 heteroatoms. The molecular weight excluding hydrogens is 154 g/mol. The molecule has 0 spiro atoms. The van der Waals surface area contributed by atoms with E-state index in [1.165, 1.54) is 13.8 Å². The molecule has 0 aromatic heterocycles. The highest BCUT2D eigenvalue weighted by molar-refractivity contribution is 5.84. The SMILES string of the molecule is CCC1CN(C(=O)C(C)(C)O)C1. The molecule has 1 amide bonds. The molecular formula is C9H17NO2. The maximum Gasteiger partial charge on any atom is 0.253 e. The zero-order valence-electron chi connectivity index (χ0n) is 8.00. The summed E-state index contributed by atoms with van der Waals surface area (Å²) in [5.41, 5.74) is -1.20. The minimum atomic E-state index is -1.20. The first-order valence-electron chi connectivity index (χ1n) is 4.47. The molecule has 3 nitrogen and oxygen atoms in total. The zero-order valence-corrected chi connectivity index (χ0v) is 8.00. The van der Waals surface area contributed by atoms with E-state index in [0.717, 1.165) is 19.5 Å². The van der Waals surface area contributed by atoms with Crippen LogP contribution in [0.15, 0.2) is 0 Å². The van der Waals surface area contributed by atoms with Gasteiger partial charge in [0, 0.05) is 13.1 Å². The summed E-state index contributed by atoms with van der Waals surface area (Å²) >= 11 is 0. The minimum absolute atomic E-state index is 0.146. The highest BCUT2D eigenvalue weighted by Gasteiger charge is 2.36. The van der Waals surface area contributed by atoms with Crippen molar-refractivity contribution in [2.75, 3.05) is 13.1 Å². The summed E-state index contributed by atoms with van der Waals surface area (Å²) in [6.45, 7) is 6.83. The number of hydrogen-bond acceptors (Lipinski definition) is 2. The molecule has 0 atom stereocenters. The summed E-state index contributed by atoms with van der Waals surface area (Å²) in [6.07, 6.45) is 1.12. The molecule has 1 saturated heterocycles. The first-order valence-corrected chi connectivity index (χ1v) is 4.47. The predicted octanol–water partition coefficient (Wildman–Crippen LogP) is 0.626. The molecule has 0 bridgehead atoms. The van der Waals surface area contributed by atoms with Crippen LogP contribution in [-0.2, 0) is 4.79 Å². The molecule has 1 aliphatic rings. The largest absolute Gasteiger partial charge is 0.381 e. The number of carbonyl (C=O) groups excluding carboxylic acids is 1. The van der Waals surface area contributed by atoms with Crippen molar-refractivity contribution >= 4 is 5.91 Å². The molecule has 1 N–H and O–H groups in total. The van der Waals surface area contributed by atoms with E-state index in [9.17, 15) is 9.90 Å². The van der Waals surface area contributed by atoms with Crippen LogP contribution in [0, 0.1) is 5.92 Å². The Hall–Kier alpha value is -0.570. The Morgan fingerprint density at radius 1 is 1.58 bits per heavy atom. The molecule has 0 radical (unpaired) electrons. The topological polar surface area (TPSA) is 40.5 Å². The van der Waals surface area contributed by atoms with Gasteiger partial charge in [-0.25, -0.2) is 0 Å². The summed E-state index contributed by atoms with van der Waals surface area (Å²) in [4.78, 5) is 13.1. The molecule has 1 heterocycles. The lowest BCUT2D eigenvalue weighted by Gasteiger charge is -2.41. The summed E-state index contributed by atoms with van der Waals surface area (Å²) in [6, 6.07) is 0. The van der Waals surface area contributed by atoms with Gasteiger partial charge in [0.05, 0.1) is 0 Å². The third-order valence-corrected chi connectivity index (χ3v) is 2.35. The van der Waals surface area contributed by atoms with Gasteiger partial charge >= 0.3 is 0 Å². The summed E-state index contributed by atoms with van der Waals surface area (Å²) < 4.78 is 0. The minimum Gasteiger partial charge on any atom is -0.381 e. The standard InChI is InChI=1S/C9H17NO2/c1-4-7-5-10(6-7)8(11)9(2,3)12/h7,12H,4-6H2,1-3H3. The Kier molecular flexibility index (Phi) is 2.42. The fraction of sp³-hybridized carbons (Fsp3) is 0.889. The molecule has 0 aromatic rings. The average molecular weight is 171 g/mol. The number of hydrogen-bond donors (Lipinski definition) is 1. The second-order valence-electron chi connectivity index (χ2n) is 4.04. The van der Waals surface area contributed by atoms with E-state index in [0.29, 0.717) is 5.92 Å². The predicted molar refractivity (Wildman–Crippen MR) is 46.7 cm³/mol. The van der Waals surface area contributed by atoms with Gasteiger partial charge in [0.2, 0.25) is 0 Å². The van der Waals surface area contributed by atoms with E-state index in [-0.39, 0.29) is 5.91 Å². The van der Waals surface area contributed by atoms with Crippen molar-refractivity contribution in [2.45, 2.75) is 32.8 Å². The normalized spacial score (nSPS) is 19.2. The molecule has 0 unspecified atom stereocenters. The second-order valence-corrected chi connectivity index (χ2v) is 4.04. The van der Waals surface area contributed by atoms with Gasteiger partial charge in [0.15, 0.2) is 0 Å². The highest BCUT2D eigenvalue weighted by atomic mass is 16.3. The van der Waals surface area contributed by atoms with E-state index >= 15 is 0 Å². The van der Waals surface area contributed by atoms with Gasteiger partial charge in [0.1, 0.15) is 5.60 Å². The lowest BCUT2D eigenvalue weighted by atomic mass is 9.95. The lowest BCUT2D eigenvalue weighted by Crippen LogP contribution is -2.56. The van der Waals surface area contributed by atoms with Crippen LogP contribution in [0.5, 0.6) is 0 Å². The van der Waals surface area contributed by atoms with Crippen molar-refractivity contribution in [1.29, 1.82) is 0 Å². The Morgan fingerprint density at radius 3 is 2.42 bits per heavy atom. The highest BCUT2D eigenvalue weighted by Crippen LogP contribution is 2.21. The second kappa shape index (κ2) is 3.05. The van der Waals surface area contributed by atoms with Crippen LogP contribution < -0.4 is 0 Å². The fourth-order valence-electron chi connectivity index (χ4n) is 1.38. The van der Waals surface area contributed by atoms with Crippen LogP contribution in [0.1, 0.15) is 27.2 Å². The maximum atomic E-state index is 11.4. The van der Waals surface area contributed by atoms with E-state index < -0.39 is 5.60 Å². The van der Waals surface area contributed by atoms with Gasteiger partial charge in [0.25, 0.3) is 5.91 Å². The van der Waals surface area contributed by atoms with Gasteiger partial charge in [-0.15, -0.1) is 0 Å². The Labute approximate surface area is 73.4 Å². The Balaban J connectivity index is 2.39. The van der Waals surface area contributed by atoms with E-state index in [1.807, 2.05) is 0 Å². The molecule has 0 aliphatic carbocycles. The van der Waals surface area contributed by atoms with Crippen LogP contribution in [0.4, 0.5) is 0 Å². The summed E-state index contributed by atoms with van der Waals surface area (Å²) in [7, 11) is 0. The van der Waals surface area contributed by atoms with Crippen LogP contribution >= 0.6 is 0 Å². The molecule has 70 valence electrons. The van der Waals surface area contributed by atoms with Gasteiger partial charge in [-0.1, -0.05) is 6.92 Å². The van der Waals surface area contributed by atoms with Crippen LogP contribution in [0.3, 0.4) is 0 Å². The number of amides is 1. The molecule has 1 aliphatic heterocycles. The van der Waals surface area contributed by atoms with Crippen LogP contribution in [-0.4, -0.2) is 34.6 Å². The zero-order chi connectivity index (χ0) is 9.35. The number of carbonyl (C=O) groups is 1. The summed E-state index contributed by atoms with van der Waals surface area (Å²) in [5.74, 6) is 0.503. The van der Waals surface area contributed by atoms with Crippen LogP contribution in [0.25, 0.3) is 0 Å². The third-order valence-electron chi connectivity index (χ3n) is 2.35. The quantitative estimate of drug-likeness (QED) is 0.662. The molecule has 1 fully saturated rings. The molecule has 0 aromatic carbocycles. The Bertz CT molecular complexity index is 177. The summed E-state index contributed by atoms with van der Waals surface area (Å²) in [5, 5.41) is 9.39. The average Bonchev–Trinajstić information content (AvgIpc) is 1.83. The van der Waals surface area contributed by atoms with Crippen molar-refractivity contribution < 1.29 is 9.90 Å². The third kappa shape index (κ3) is 1.78. The van der Waals surface area contributed by atoms with Crippen molar-refractivity contribution in [3.63, 3.8) is 0 Å². The molecule has 12 heavy (non-hydrogen) atoms. The van der Waals surface area contributed by atoms with Gasteiger partial charge in [-0.2, -0.15) is 0 Å². The van der Waals surface area contributed by atoms with Gasteiger partial charge in [-0.3, -0.25) is 4.79 Å². The van der Waals surface area contributed by atoms with Crippen molar-refractivity contribution in [2.24, 2.45) is 5.92 Å². The fourth-order valence-corrected chi connectivity index (χ4v) is 1.38. The molecule has 1 rings (SSSR count). The molecule has 0 saturated carbocycles. The van der Waals surface area contributed by atoms with Crippen molar-refractivity contribution in [3.05, 3.63) is 0 Å². The number of nitrogens with zero attached hydrogens (tertiary/aromatic N) is 1. The first-order chi connectivity index (χ1) is 5.45. The van der Waals surface area contributed by atoms with Crippen LogP contribution in [0.2, 0.25) is 0 Å². The van der Waals surface area contributed by atoms with Gasteiger partial charge < -0.3 is 10.0 Å².